The Balaban J connectivity index is 1.70. The first-order chi connectivity index (χ1) is 11.6. The quantitative estimate of drug-likeness (QED) is 0.880. The zero-order valence-corrected chi connectivity index (χ0v) is 13.8. The van der Waals surface area contributed by atoms with Gasteiger partial charge in [-0.3, -0.25) is 9.59 Å². The minimum Gasteiger partial charge on any atom is -0.495 e. The van der Waals surface area contributed by atoms with Crippen molar-refractivity contribution in [3.63, 3.8) is 0 Å². The smallest absolute Gasteiger partial charge is 0.236 e. The summed E-state index contributed by atoms with van der Waals surface area (Å²) in [5, 5.41) is 2.74. The largest absolute Gasteiger partial charge is 0.495 e. The Morgan fingerprint density at radius 2 is 1.88 bits per heavy atom. The van der Waals surface area contributed by atoms with Crippen LogP contribution in [0.2, 0.25) is 0 Å². The molecule has 0 saturated heterocycles. The number of fused-ring (bicyclic) bond motifs is 1. The Kier molecular flexibility index (Phi) is 4.51. The lowest BCUT2D eigenvalue weighted by molar-refractivity contribution is -0.125. The Bertz CT molecular complexity index is 773. The van der Waals surface area contributed by atoms with E-state index in [0.717, 1.165) is 17.7 Å². The lowest BCUT2D eigenvalue weighted by Gasteiger charge is -2.22. The average molecular weight is 324 g/mol. The van der Waals surface area contributed by atoms with E-state index in [4.69, 9.17) is 4.74 Å². The van der Waals surface area contributed by atoms with Gasteiger partial charge in [-0.2, -0.15) is 0 Å². The number of carbonyl (C=O) groups is 2. The van der Waals surface area contributed by atoms with E-state index in [1.54, 1.807) is 30.2 Å². The predicted molar refractivity (Wildman–Crippen MR) is 93.3 cm³/mol. The van der Waals surface area contributed by atoms with Crippen LogP contribution in [-0.4, -0.2) is 25.0 Å². The Hall–Kier alpha value is -2.82. The maximum Gasteiger partial charge on any atom is 0.236 e. The third-order valence-corrected chi connectivity index (χ3v) is 4.17. The van der Waals surface area contributed by atoms with Crippen molar-refractivity contribution in [1.82, 2.24) is 0 Å². The number of hydrogen-bond donors (Lipinski definition) is 1. The maximum atomic E-state index is 12.6. The van der Waals surface area contributed by atoms with Crippen LogP contribution in [0.15, 0.2) is 48.5 Å². The van der Waals surface area contributed by atoms with Crippen molar-refractivity contribution in [2.45, 2.75) is 25.8 Å². The fourth-order valence-corrected chi connectivity index (χ4v) is 3.11. The summed E-state index contributed by atoms with van der Waals surface area (Å²) in [5.74, 6) is 0.0270. The van der Waals surface area contributed by atoms with Crippen molar-refractivity contribution >= 4 is 23.2 Å². The molecular formula is C19H20N2O3. The van der Waals surface area contributed by atoms with Crippen LogP contribution < -0.4 is 15.0 Å². The van der Waals surface area contributed by atoms with Crippen LogP contribution in [0.3, 0.4) is 0 Å². The molecule has 0 radical (unpaired) electrons. The van der Waals surface area contributed by atoms with E-state index < -0.39 is 0 Å². The van der Waals surface area contributed by atoms with Crippen molar-refractivity contribution in [2.24, 2.45) is 0 Å². The highest BCUT2D eigenvalue weighted by molar-refractivity contribution is 6.10. The van der Waals surface area contributed by atoms with Gasteiger partial charge in [0.2, 0.25) is 11.8 Å². The molecule has 2 aromatic carbocycles. The molecule has 5 heteroatoms. The second-order valence-electron chi connectivity index (χ2n) is 5.87. The zero-order valence-electron chi connectivity index (χ0n) is 13.8. The van der Waals surface area contributed by atoms with Crippen LogP contribution in [0.5, 0.6) is 5.75 Å². The normalized spacial score (nSPS) is 15.8. The van der Waals surface area contributed by atoms with Crippen LogP contribution in [0.25, 0.3) is 0 Å². The molecular weight excluding hydrogens is 304 g/mol. The SMILES string of the molecule is COc1ccccc1NC(=O)CC(=O)N1c2ccccc2CC1C. The minimum absolute atomic E-state index is 0.0639. The van der Waals surface area contributed by atoms with Gasteiger partial charge in [-0.15, -0.1) is 0 Å². The number of hydrogen-bond acceptors (Lipinski definition) is 3. The zero-order chi connectivity index (χ0) is 17.1. The summed E-state index contributed by atoms with van der Waals surface area (Å²) in [6.45, 7) is 2.00. The topological polar surface area (TPSA) is 58.6 Å². The summed E-state index contributed by atoms with van der Waals surface area (Å²) in [7, 11) is 1.54. The van der Waals surface area contributed by atoms with Crippen molar-refractivity contribution < 1.29 is 14.3 Å². The number of nitrogens with zero attached hydrogens (tertiary/aromatic N) is 1. The summed E-state index contributed by atoms with van der Waals surface area (Å²) in [5.41, 5.74) is 2.61. The van der Waals surface area contributed by atoms with Crippen LogP contribution in [0, 0.1) is 0 Å². The second-order valence-corrected chi connectivity index (χ2v) is 5.87. The molecule has 1 unspecified atom stereocenters. The molecule has 124 valence electrons. The summed E-state index contributed by atoms with van der Waals surface area (Å²) < 4.78 is 5.20. The molecule has 0 aliphatic carbocycles. The maximum absolute atomic E-state index is 12.6. The van der Waals surface area contributed by atoms with Gasteiger partial charge < -0.3 is 15.0 Å². The van der Waals surface area contributed by atoms with Gasteiger partial charge in [-0.25, -0.2) is 0 Å². The number of ether oxygens (including phenoxy) is 1. The summed E-state index contributed by atoms with van der Waals surface area (Å²) in [6, 6.07) is 15.0. The lowest BCUT2D eigenvalue weighted by atomic mass is 10.1. The highest BCUT2D eigenvalue weighted by Crippen LogP contribution is 2.32. The van der Waals surface area contributed by atoms with Crippen LogP contribution >= 0.6 is 0 Å². The molecule has 1 aliphatic rings. The van der Waals surface area contributed by atoms with Gasteiger partial charge in [-0.1, -0.05) is 30.3 Å². The van der Waals surface area contributed by atoms with Crippen molar-refractivity contribution in [3.8, 4) is 5.75 Å². The van der Waals surface area contributed by atoms with Crippen molar-refractivity contribution in [2.75, 3.05) is 17.3 Å². The van der Waals surface area contributed by atoms with Gasteiger partial charge >= 0.3 is 0 Å². The van der Waals surface area contributed by atoms with Gasteiger partial charge in [0.1, 0.15) is 12.2 Å². The fraction of sp³-hybridized carbons (Fsp3) is 0.263. The summed E-state index contributed by atoms with van der Waals surface area (Å²) in [6.07, 6.45) is 0.618. The van der Waals surface area contributed by atoms with E-state index >= 15 is 0 Å². The monoisotopic (exact) mass is 324 g/mol. The summed E-state index contributed by atoms with van der Waals surface area (Å²) in [4.78, 5) is 26.6. The highest BCUT2D eigenvalue weighted by Gasteiger charge is 2.31. The first-order valence-corrected chi connectivity index (χ1v) is 7.93. The first kappa shape index (κ1) is 16.1. The van der Waals surface area contributed by atoms with E-state index in [2.05, 4.69) is 5.32 Å². The third kappa shape index (κ3) is 3.11. The highest BCUT2D eigenvalue weighted by atomic mass is 16.5. The molecule has 24 heavy (non-hydrogen) atoms. The number of methoxy groups -OCH3 is 1. The van der Waals surface area contributed by atoms with Gasteiger partial charge in [-0.05, 0) is 37.1 Å². The van der Waals surface area contributed by atoms with E-state index in [0.29, 0.717) is 11.4 Å². The Morgan fingerprint density at radius 1 is 1.17 bits per heavy atom. The minimum atomic E-state index is -0.346. The molecule has 0 saturated carbocycles. The molecule has 5 nitrogen and oxygen atoms in total. The predicted octanol–water partition coefficient (Wildman–Crippen LogP) is 3.00. The van der Waals surface area contributed by atoms with E-state index in [1.807, 2.05) is 37.3 Å². The molecule has 1 heterocycles. The third-order valence-electron chi connectivity index (χ3n) is 4.17. The van der Waals surface area contributed by atoms with E-state index in [9.17, 15) is 9.59 Å². The fourth-order valence-electron chi connectivity index (χ4n) is 3.11. The molecule has 2 aromatic rings. The number of anilines is 2. The van der Waals surface area contributed by atoms with Gasteiger partial charge in [0.15, 0.2) is 0 Å². The Morgan fingerprint density at radius 3 is 2.67 bits per heavy atom. The molecule has 1 aliphatic heterocycles. The number of carbonyl (C=O) groups excluding carboxylic acids is 2. The number of para-hydroxylation sites is 3. The molecule has 0 fully saturated rings. The molecule has 0 aromatic heterocycles. The number of amides is 2. The van der Waals surface area contributed by atoms with Crippen LogP contribution in [-0.2, 0) is 16.0 Å². The van der Waals surface area contributed by atoms with Gasteiger partial charge in [0, 0.05) is 11.7 Å². The number of benzene rings is 2. The molecule has 3 rings (SSSR count). The van der Waals surface area contributed by atoms with Crippen molar-refractivity contribution in [1.29, 1.82) is 0 Å². The number of rotatable bonds is 4. The van der Waals surface area contributed by atoms with Crippen LogP contribution in [0.4, 0.5) is 11.4 Å². The molecule has 2 amide bonds. The lowest BCUT2D eigenvalue weighted by Crippen LogP contribution is -2.37. The first-order valence-electron chi connectivity index (χ1n) is 7.93. The van der Waals surface area contributed by atoms with Crippen molar-refractivity contribution in [3.05, 3.63) is 54.1 Å². The molecule has 1 N–H and O–H groups in total. The summed E-state index contributed by atoms with van der Waals surface area (Å²) >= 11 is 0. The molecule has 0 spiro atoms. The van der Waals surface area contributed by atoms with Gasteiger partial charge in [0.25, 0.3) is 0 Å². The molecule has 0 bridgehead atoms. The van der Waals surface area contributed by atoms with E-state index in [-0.39, 0.29) is 24.3 Å². The molecule has 1 atom stereocenters. The Labute approximate surface area is 141 Å². The standard InChI is InChI=1S/C19H20N2O3/c1-13-11-14-7-3-5-9-16(14)21(13)19(23)12-18(22)20-15-8-4-6-10-17(15)24-2/h3-10,13H,11-12H2,1-2H3,(H,20,22). The van der Waals surface area contributed by atoms with Gasteiger partial charge in [0.05, 0.1) is 12.8 Å². The average Bonchev–Trinajstić information content (AvgIpc) is 2.91. The number of nitrogens with one attached hydrogen (secondary N) is 1. The second kappa shape index (κ2) is 6.74. The van der Waals surface area contributed by atoms with Crippen LogP contribution in [0.1, 0.15) is 18.9 Å². The van der Waals surface area contributed by atoms with E-state index in [1.165, 1.54) is 0 Å².